The Morgan fingerprint density at radius 2 is 2.24 bits per heavy atom. The second-order valence-corrected chi connectivity index (χ2v) is 6.39. The van der Waals surface area contributed by atoms with Crippen LogP contribution in [-0.4, -0.2) is 31.9 Å². The van der Waals surface area contributed by atoms with Gasteiger partial charge in [-0.3, -0.25) is 9.71 Å². The van der Waals surface area contributed by atoms with E-state index in [1.165, 1.54) is 12.4 Å². The summed E-state index contributed by atoms with van der Waals surface area (Å²) in [6.45, 7) is 3.90. The van der Waals surface area contributed by atoms with Crippen molar-refractivity contribution in [1.82, 2.24) is 4.98 Å². The van der Waals surface area contributed by atoms with Gasteiger partial charge in [0.25, 0.3) is 0 Å². The first-order chi connectivity index (χ1) is 7.91. The molecule has 0 unspecified atom stereocenters. The van der Waals surface area contributed by atoms with Crippen LogP contribution >= 0.6 is 15.9 Å². The predicted molar refractivity (Wildman–Crippen MR) is 70.4 cm³/mol. The second kappa shape index (κ2) is 6.32. The molecule has 0 aromatic carbocycles. The lowest BCUT2D eigenvalue weighted by molar-refractivity contribution is 0.0913. The van der Waals surface area contributed by atoms with Crippen molar-refractivity contribution in [3.8, 4) is 0 Å². The largest absolute Gasteiger partial charge is 0.378 e. The number of pyridine rings is 1. The van der Waals surface area contributed by atoms with Gasteiger partial charge in [0.05, 0.1) is 28.6 Å². The zero-order valence-corrected chi connectivity index (χ0v) is 12.1. The van der Waals surface area contributed by atoms with Crippen molar-refractivity contribution in [2.75, 3.05) is 17.1 Å². The van der Waals surface area contributed by atoms with Crippen molar-refractivity contribution < 1.29 is 13.2 Å². The summed E-state index contributed by atoms with van der Waals surface area (Å²) in [7, 11) is -3.39. The molecule has 17 heavy (non-hydrogen) atoms. The van der Waals surface area contributed by atoms with Crippen LogP contribution in [-0.2, 0) is 14.8 Å². The van der Waals surface area contributed by atoms with Crippen molar-refractivity contribution >= 4 is 31.6 Å². The number of ether oxygens (including phenoxy) is 1. The van der Waals surface area contributed by atoms with E-state index in [1.54, 1.807) is 6.07 Å². The molecule has 0 spiro atoms. The normalized spacial score (nSPS) is 11.8. The van der Waals surface area contributed by atoms with Gasteiger partial charge in [0.1, 0.15) is 0 Å². The number of nitrogens with zero attached hydrogens (tertiary/aromatic N) is 1. The van der Waals surface area contributed by atoms with E-state index in [4.69, 9.17) is 4.74 Å². The second-order valence-electron chi connectivity index (χ2n) is 3.70. The molecule has 0 aliphatic rings. The summed E-state index contributed by atoms with van der Waals surface area (Å²) in [6.07, 6.45) is 3.08. The van der Waals surface area contributed by atoms with E-state index < -0.39 is 10.0 Å². The van der Waals surface area contributed by atoms with E-state index in [9.17, 15) is 8.42 Å². The zero-order chi connectivity index (χ0) is 12.9. The third-order valence-corrected chi connectivity index (χ3v) is 3.71. The van der Waals surface area contributed by atoms with Crippen LogP contribution in [0.5, 0.6) is 0 Å². The smallest absolute Gasteiger partial charge is 0.235 e. The molecular formula is C10H15BrN2O3S. The van der Waals surface area contributed by atoms with Crippen LogP contribution in [0.1, 0.15) is 13.8 Å². The van der Waals surface area contributed by atoms with Gasteiger partial charge in [-0.05, 0) is 35.8 Å². The lowest BCUT2D eigenvalue weighted by Crippen LogP contribution is -2.21. The number of anilines is 1. The first kappa shape index (κ1) is 14.4. The summed E-state index contributed by atoms with van der Waals surface area (Å²) in [6, 6.07) is 1.59. The summed E-state index contributed by atoms with van der Waals surface area (Å²) in [5.74, 6) is -0.0695. The van der Waals surface area contributed by atoms with Crippen molar-refractivity contribution in [1.29, 1.82) is 0 Å². The molecule has 1 aromatic rings. The third-order valence-electron chi connectivity index (χ3n) is 1.84. The van der Waals surface area contributed by atoms with Gasteiger partial charge in [-0.1, -0.05) is 0 Å². The average molecular weight is 323 g/mol. The van der Waals surface area contributed by atoms with Crippen LogP contribution in [0.3, 0.4) is 0 Å². The summed E-state index contributed by atoms with van der Waals surface area (Å²) in [4.78, 5) is 3.85. The fourth-order valence-corrected chi connectivity index (χ4v) is 2.48. The molecule has 0 aliphatic heterocycles. The van der Waals surface area contributed by atoms with Crippen LogP contribution < -0.4 is 4.72 Å². The topological polar surface area (TPSA) is 68.3 Å². The highest BCUT2D eigenvalue weighted by molar-refractivity contribution is 9.10. The van der Waals surface area contributed by atoms with Gasteiger partial charge in [0.2, 0.25) is 10.0 Å². The van der Waals surface area contributed by atoms with Crippen LogP contribution in [0.15, 0.2) is 22.9 Å². The van der Waals surface area contributed by atoms with Crippen LogP contribution in [0, 0.1) is 0 Å². The number of hydrogen-bond acceptors (Lipinski definition) is 4. The van der Waals surface area contributed by atoms with E-state index >= 15 is 0 Å². The number of nitrogens with one attached hydrogen (secondary N) is 1. The van der Waals surface area contributed by atoms with Gasteiger partial charge in [-0.25, -0.2) is 8.42 Å². The number of aromatic nitrogens is 1. The van der Waals surface area contributed by atoms with Crippen molar-refractivity contribution in [2.45, 2.75) is 20.0 Å². The first-order valence-corrected chi connectivity index (χ1v) is 7.57. The molecule has 5 nitrogen and oxygen atoms in total. The van der Waals surface area contributed by atoms with Crippen molar-refractivity contribution in [2.24, 2.45) is 0 Å². The monoisotopic (exact) mass is 322 g/mol. The standard InChI is InChI=1S/C10H15BrN2O3S/c1-8(2)16-5-6-17(14,15)13-10-3-4-12-7-9(10)11/h3-4,7-8H,5-6H2,1-2H3,(H,12,13). The number of halogens is 1. The molecule has 1 heterocycles. The number of hydrogen-bond donors (Lipinski definition) is 1. The molecule has 1 N–H and O–H groups in total. The van der Waals surface area contributed by atoms with Gasteiger partial charge in [0, 0.05) is 12.4 Å². The Kier molecular flexibility index (Phi) is 5.35. The minimum absolute atomic E-state index is 0.0258. The molecule has 0 bridgehead atoms. The van der Waals surface area contributed by atoms with Gasteiger partial charge in [-0.15, -0.1) is 0 Å². The number of sulfonamides is 1. The summed E-state index contributed by atoms with van der Waals surface area (Å²) < 4.78 is 31.7. The lowest BCUT2D eigenvalue weighted by atomic mass is 10.4. The lowest BCUT2D eigenvalue weighted by Gasteiger charge is -2.10. The molecule has 0 saturated carbocycles. The number of rotatable bonds is 6. The molecule has 0 fully saturated rings. The van der Waals surface area contributed by atoms with Gasteiger partial charge in [-0.2, -0.15) is 0 Å². The predicted octanol–water partition coefficient (Wildman–Crippen LogP) is 2.01. The van der Waals surface area contributed by atoms with Crippen LogP contribution in [0.2, 0.25) is 0 Å². The van der Waals surface area contributed by atoms with E-state index in [-0.39, 0.29) is 18.5 Å². The minimum atomic E-state index is -3.39. The molecular weight excluding hydrogens is 308 g/mol. The van der Waals surface area contributed by atoms with Gasteiger partial charge in [0.15, 0.2) is 0 Å². The molecule has 0 aliphatic carbocycles. The Hall–Kier alpha value is -0.660. The molecule has 0 saturated heterocycles. The van der Waals surface area contributed by atoms with Crippen LogP contribution in [0.25, 0.3) is 0 Å². The quantitative estimate of drug-likeness (QED) is 0.869. The summed E-state index contributed by atoms with van der Waals surface area (Å²) in [5, 5.41) is 0. The highest BCUT2D eigenvalue weighted by Gasteiger charge is 2.12. The third kappa shape index (κ3) is 5.47. The Morgan fingerprint density at radius 1 is 1.53 bits per heavy atom. The zero-order valence-electron chi connectivity index (χ0n) is 9.68. The highest BCUT2D eigenvalue weighted by atomic mass is 79.9. The molecule has 0 amide bonds. The van der Waals surface area contributed by atoms with E-state index in [2.05, 4.69) is 25.6 Å². The van der Waals surface area contributed by atoms with Crippen molar-refractivity contribution in [3.63, 3.8) is 0 Å². The Balaban J connectivity index is 2.58. The summed E-state index contributed by atoms with van der Waals surface area (Å²) >= 11 is 3.22. The molecule has 1 aromatic heterocycles. The Labute approximate surface area is 110 Å². The molecule has 7 heteroatoms. The summed E-state index contributed by atoms with van der Waals surface area (Å²) in [5.41, 5.74) is 0.476. The Morgan fingerprint density at radius 3 is 2.82 bits per heavy atom. The fraction of sp³-hybridized carbons (Fsp3) is 0.500. The Bertz CT molecular complexity index is 462. The van der Waals surface area contributed by atoms with Gasteiger partial charge < -0.3 is 4.74 Å². The van der Waals surface area contributed by atoms with E-state index in [0.29, 0.717) is 10.2 Å². The van der Waals surface area contributed by atoms with Gasteiger partial charge >= 0.3 is 0 Å². The molecule has 0 atom stereocenters. The molecule has 1 rings (SSSR count). The maximum Gasteiger partial charge on any atom is 0.235 e. The minimum Gasteiger partial charge on any atom is -0.378 e. The SMILES string of the molecule is CC(C)OCCS(=O)(=O)Nc1ccncc1Br. The maximum atomic E-state index is 11.7. The van der Waals surface area contributed by atoms with Crippen LogP contribution in [0.4, 0.5) is 5.69 Å². The average Bonchev–Trinajstić information content (AvgIpc) is 2.20. The highest BCUT2D eigenvalue weighted by Crippen LogP contribution is 2.21. The van der Waals surface area contributed by atoms with E-state index in [1.807, 2.05) is 13.8 Å². The molecule has 96 valence electrons. The first-order valence-electron chi connectivity index (χ1n) is 5.12. The van der Waals surface area contributed by atoms with E-state index in [0.717, 1.165) is 0 Å². The fourth-order valence-electron chi connectivity index (χ4n) is 1.07. The van der Waals surface area contributed by atoms with Crippen molar-refractivity contribution in [3.05, 3.63) is 22.9 Å². The molecule has 0 radical (unpaired) electrons. The maximum absolute atomic E-state index is 11.7.